The Balaban J connectivity index is 2.74. The summed E-state index contributed by atoms with van der Waals surface area (Å²) >= 11 is 0. The zero-order valence-electron chi connectivity index (χ0n) is 8.53. The van der Waals surface area contributed by atoms with Crippen molar-refractivity contribution in [1.82, 2.24) is 9.97 Å². The fraction of sp³-hybridized carbons (Fsp3) is 0.400. The minimum atomic E-state index is 0.304. The van der Waals surface area contributed by atoms with Crippen molar-refractivity contribution in [2.75, 3.05) is 11.9 Å². The van der Waals surface area contributed by atoms with E-state index in [9.17, 15) is 0 Å². The summed E-state index contributed by atoms with van der Waals surface area (Å²) in [4.78, 5) is 8.21. The predicted octanol–water partition coefficient (Wildman–Crippen LogP) is 1.86. The van der Waals surface area contributed by atoms with Crippen LogP contribution in [-0.4, -0.2) is 22.6 Å². The van der Waals surface area contributed by atoms with Crippen LogP contribution in [0.5, 0.6) is 5.88 Å². The maximum absolute atomic E-state index is 5.33. The maximum Gasteiger partial charge on any atom is 0.257 e. The van der Waals surface area contributed by atoms with Gasteiger partial charge in [0.1, 0.15) is 6.61 Å². The molecule has 0 atom stereocenters. The van der Waals surface area contributed by atoms with Gasteiger partial charge in [-0.2, -0.15) is 0 Å². The van der Waals surface area contributed by atoms with Gasteiger partial charge in [0.05, 0.1) is 0 Å². The minimum Gasteiger partial charge on any atom is -0.471 e. The Hall–Kier alpha value is -1.58. The summed E-state index contributed by atoms with van der Waals surface area (Å²) in [5.41, 5.74) is 0. The Morgan fingerprint density at radius 1 is 1.50 bits per heavy atom. The molecule has 0 spiro atoms. The van der Waals surface area contributed by atoms with E-state index in [1.807, 2.05) is 13.8 Å². The molecule has 1 rings (SSSR count). The molecule has 14 heavy (non-hydrogen) atoms. The lowest BCUT2D eigenvalue weighted by Gasteiger charge is -2.11. The summed E-state index contributed by atoms with van der Waals surface area (Å²) < 4.78 is 5.33. The van der Waals surface area contributed by atoms with Crippen molar-refractivity contribution in [2.24, 2.45) is 0 Å². The lowest BCUT2D eigenvalue weighted by molar-refractivity contribution is 0.348. The first-order valence-electron chi connectivity index (χ1n) is 4.55. The van der Waals surface area contributed by atoms with Gasteiger partial charge in [-0.1, -0.05) is 12.7 Å². The van der Waals surface area contributed by atoms with Crippen LogP contribution in [0.3, 0.4) is 0 Å². The molecule has 0 bridgehead atoms. The molecule has 0 fully saturated rings. The zero-order valence-corrected chi connectivity index (χ0v) is 8.53. The molecule has 0 radical (unpaired) electrons. The molecule has 0 saturated heterocycles. The van der Waals surface area contributed by atoms with E-state index in [1.54, 1.807) is 18.5 Å². The highest BCUT2D eigenvalue weighted by atomic mass is 16.5. The van der Waals surface area contributed by atoms with E-state index in [0.29, 0.717) is 24.3 Å². The van der Waals surface area contributed by atoms with Gasteiger partial charge in [0.15, 0.2) is 5.82 Å². The van der Waals surface area contributed by atoms with Gasteiger partial charge in [0.25, 0.3) is 5.88 Å². The topological polar surface area (TPSA) is 47.0 Å². The second-order valence-corrected chi connectivity index (χ2v) is 3.11. The third-order valence-corrected chi connectivity index (χ3v) is 1.43. The van der Waals surface area contributed by atoms with E-state index in [4.69, 9.17) is 4.74 Å². The van der Waals surface area contributed by atoms with Gasteiger partial charge in [-0.15, -0.1) is 0 Å². The first kappa shape index (κ1) is 10.5. The standard InChI is InChI=1S/C10H15N3O/c1-4-7-14-10-9(13-8(2)3)11-5-6-12-10/h4-6,8H,1,7H2,2-3H3,(H,11,13). The largest absolute Gasteiger partial charge is 0.471 e. The number of aromatic nitrogens is 2. The lowest BCUT2D eigenvalue weighted by atomic mass is 10.4. The normalized spacial score (nSPS) is 9.93. The smallest absolute Gasteiger partial charge is 0.257 e. The predicted molar refractivity (Wildman–Crippen MR) is 56.5 cm³/mol. The van der Waals surface area contributed by atoms with Crippen LogP contribution in [0.1, 0.15) is 13.8 Å². The molecule has 0 unspecified atom stereocenters. The van der Waals surface area contributed by atoms with Crippen LogP contribution in [0.4, 0.5) is 5.82 Å². The Morgan fingerprint density at radius 2 is 2.21 bits per heavy atom. The number of anilines is 1. The van der Waals surface area contributed by atoms with Gasteiger partial charge in [-0.3, -0.25) is 0 Å². The number of rotatable bonds is 5. The second kappa shape index (κ2) is 5.21. The Morgan fingerprint density at radius 3 is 2.86 bits per heavy atom. The number of hydrogen-bond donors (Lipinski definition) is 1. The minimum absolute atomic E-state index is 0.304. The third-order valence-electron chi connectivity index (χ3n) is 1.43. The fourth-order valence-electron chi connectivity index (χ4n) is 0.941. The molecule has 76 valence electrons. The summed E-state index contributed by atoms with van der Waals surface area (Å²) in [6, 6.07) is 0.304. The third kappa shape index (κ3) is 3.05. The monoisotopic (exact) mass is 193 g/mol. The highest BCUT2D eigenvalue weighted by Gasteiger charge is 2.05. The van der Waals surface area contributed by atoms with Gasteiger partial charge < -0.3 is 10.1 Å². The van der Waals surface area contributed by atoms with Gasteiger partial charge in [-0.05, 0) is 13.8 Å². The van der Waals surface area contributed by atoms with Gasteiger partial charge in [0, 0.05) is 18.4 Å². The van der Waals surface area contributed by atoms with Crippen LogP contribution in [-0.2, 0) is 0 Å². The SMILES string of the molecule is C=CCOc1nccnc1NC(C)C. The molecule has 0 aliphatic heterocycles. The van der Waals surface area contributed by atoms with Crippen molar-refractivity contribution >= 4 is 5.82 Å². The Labute approximate surface area is 84.0 Å². The molecule has 0 aromatic carbocycles. The highest BCUT2D eigenvalue weighted by molar-refractivity contribution is 5.45. The highest BCUT2D eigenvalue weighted by Crippen LogP contribution is 2.17. The molecule has 1 aromatic rings. The van der Waals surface area contributed by atoms with E-state index < -0.39 is 0 Å². The average molecular weight is 193 g/mol. The number of nitrogens with zero attached hydrogens (tertiary/aromatic N) is 2. The molecule has 1 aromatic heterocycles. The van der Waals surface area contributed by atoms with Crippen LogP contribution in [0.25, 0.3) is 0 Å². The van der Waals surface area contributed by atoms with E-state index >= 15 is 0 Å². The summed E-state index contributed by atoms with van der Waals surface area (Å²) in [5.74, 6) is 1.19. The molecule has 0 amide bonds. The second-order valence-electron chi connectivity index (χ2n) is 3.11. The zero-order chi connectivity index (χ0) is 10.4. The first-order chi connectivity index (χ1) is 6.74. The van der Waals surface area contributed by atoms with Gasteiger partial charge >= 0.3 is 0 Å². The van der Waals surface area contributed by atoms with Crippen LogP contribution < -0.4 is 10.1 Å². The van der Waals surface area contributed by atoms with E-state index in [1.165, 1.54) is 0 Å². The number of nitrogens with one attached hydrogen (secondary N) is 1. The molecule has 1 N–H and O–H groups in total. The summed E-state index contributed by atoms with van der Waals surface area (Å²) in [7, 11) is 0. The summed E-state index contributed by atoms with van der Waals surface area (Å²) in [6.45, 7) is 8.08. The molecular weight excluding hydrogens is 178 g/mol. The van der Waals surface area contributed by atoms with Crippen LogP contribution in [0, 0.1) is 0 Å². The molecule has 0 aliphatic carbocycles. The quantitative estimate of drug-likeness (QED) is 0.725. The van der Waals surface area contributed by atoms with Crippen molar-refractivity contribution in [2.45, 2.75) is 19.9 Å². The fourth-order valence-corrected chi connectivity index (χ4v) is 0.941. The lowest BCUT2D eigenvalue weighted by Crippen LogP contribution is -2.13. The van der Waals surface area contributed by atoms with Crippen molar-refractivity contribution < 1.29 is 4.74 Å². The Kier molecular flexibility index (Phi) is 3.91. The van der Waals surface area contributed by atoms with E-state index in [0.717, 1.165) is 0 Å². The molecule has 1 heterocycles. The first-order valence-corrected chi connectivity index (χ1v) is 4.55. The van der Waals surface area contributed by atoms with E-state index in [-0.39, 0.29) is 0 Å². The molecule has 4 heteroatoms. The number of hydrogen-bond acceptors (Lipinski definition) is 4. The van der Waals surface area contributed by atoms with Crippen LogP contribution in [0.15, 0.2) is 25.0 Å². The summed E-state index contributed by atoms with van der Waals surface area (Å²) in [6.07, 6.45) is 4.91. The van der Waals surface area contributed by atoms with Crippen LogP contribution >= 0.6 is 0 Å². The van der Waals surface area contributed by atoms with Crippen molar-refractivity contribution in [3.05, 3.63) is 25.0 Å². The molecular formula is C10H15N3O. The van der Waals surface area contributed by atoms with Crippen molar-refractivity contribution in [3.8, 4) is 5.88 Å². The van der Waals surface area contributed by atoms with Crippen molar-refractivity contribution in [3.63, 3.8) is 0 Å². The van der Waals surface area contributed by atoms with Crippen molar-refractivity contribution in [1.29, 1.82) is 0 Å². The van der Waals surface area contributed by atoms with Crippen LogP contribution in [0.2, 0.25) is 0 Å². The van der Waals surface area contributed by atoms with E-state index in [2.05, 4.69) is 21.9 Å². The average Bonchev–Trinajstić information content (AvgIpc) is 2.16. The molecule has 0 aliphatic rings. The molecule has 4 nitrogen and oxygen atoms in total. The van der Waals surface area contributed by atoms with Gasteiger partial charge in [-0.25, -0.2) is 9.97 Å². The Bertz CT molecular complexity index is 299. The summed E-state index contributed by atoms with van der Waals surface area (Å²) in [5, 5.41) is 3.15. The maximum atomic E-state index is 5.33. The molecule has 0 saturated carbocycles. The van der Waals surface area contributed by atoms with Gasteiger partial charge in [0.2, 0.25) is 0 Å². The number of ether oxygens (including phenoxy) is 1.